The molecular weight excluding hydrogens is 399 g/mol. The second-order valence-corrected chi connectivity index (χ2v) is 6.83. The maximum atomic E-state index is 12.1. The lowest BCUT2D eigenvalue weighted by Gasteiger charge is -2.15. The number of hydrogen-bond acceptors (Lipinski definition) is 3. The van der Waals surface area contributed by atoms with Crippen molar-refractivity contribution in [2.24, 2.45) is 0 Å². The molecule has 8 heteroatoms. The number of hydrogen-bond donors (Lipinski definition) is 2. The fraction of sp³-hybridized carbons (Fsp3) is 0.222. The van der Waals surface area contributed by atoms with Gasteiger partial charge in [0.1, 0.15) is 6.61 Å². The van der Waals surface area contributed by atoms with E-state index in [1.54, 1.807) is 6.92 Å². The van der Waals surface area contributed by atoms with E-state index < -0.39 is 12.1 Å². The predicted molar refractivity (Wildman–Crippen MR) is 104 cm³/mol. The highest BCUT2D eigenvalue weighted by Crippen LogP contribution is 2.32. The van der Waals surface area contributed by atoms with Gasteiger partial charge in [0.25, 0.3) is 0 Å². The van der Waals surface area contributed by atoms with Crippen molar-refractivity contribution in [3.63, 3.8) is 0 Å². The fourth-order valence-electron chi connectivity index (χ4n) is 2.11. The van der Waals surface area contributed by atoms with Gasteiger partial charge in [0.05, 0.1) is 20.8 Å². The summed E-state index contributed by atoms with van der Waals surface area (Å²) in [5.74, 6) is -0.332. The Morgan fingerprint density at radius 3 is 2.38 bits per heavy atom. The van der Waals surface area contributed by atoms with Crippen LogP contribution in [0.4, 0.5) is 10.5 Å². The minimum Gasteiger partial charge on any atom is -0.445 e. The van der Waals surface area contributed by atoms with E-state index in [2.05, 4.69) is 10.6 Å². The van der Waals surface area contributed by atoms with Crippen LogP contribution < -0.4 is 10.6 Å². The molecule has 2 aromatic carbocycles. The van der Waals surface area contributed by atoms with Gasteiger partial charge in [-0.2, -0.15) is 0 Å². The highest BCUT2D eigenvalue weighted by molar-refractivity contribution is 6.44. The summed E-state index contributed by atoms with van der Waals surface area (Å²) < 4.78 is 5.11. The van der Waals surface area contributed by atoms with Crippen molar-refractivity contribution in [2.45, 2.75) is 26.0 Å². The first-order valence-electron chi connectivity index (χ1n) is 7.76. The van der Waals surface area contributed by atoms with Crippen LogP contribution in [0.3, 0.4) is 0 Å². The largest absolute Gasteiger partial charge is 0.445 e. The third-order valence-corrected chi connectivity index (χ3v) is 4.39. The summed E-state index contributed by atoms with van der Waals surface area (Å²) in [7, 11) is 0. The lowest BCUT2D eigenvalue weighted by Crippen LogP contribution is -2.35. The number of ether oxygens (including phenoxy) is 1. The molecule has 138 valence electrons. The molecule has 2 aromatic rings. The average molecular weight is 416 g/mol. The number of rotatable bonds is 6. The smallest absolute Gasteiger partial charge is 0.407 e. The van der Waals surface area contributed by atoms with Crippen molar-refractivity contribution in [1.29, 1.82) is 0 Å². The quantitative estimate of drug-likeness (QED) is 0.630. The lowest BCUT2D eigenvalue weighted by molar-refractivity contribution is -0.116. The first-order chi connectivity index (χ1) is 12.3. The number of benzene rings is 2. The summed E-state index contributed by atoms with van der Waals surface area (Å²) in [6.45, 7) is 1.85. The van der Waals surface area contributed by atoms with E-state index in [1.165, 1.54) is 12.1 Å². The topological polar surface area (TPSA) is 67.4 Å². The fourth-order valence-corrected chi connectivity index (χ4v) is 2.71. The minimum atomic E-state index is -0.596. The molecule has 2 N–H and O–H groups in total. The Bertz CT molecular complexity index is 785. The van der Waals surface area contributed by atoms with Crippen LogP contribution in [-0.4, -0.2) is 18.0 Å². The van der Waals surface area contributed by atoms with Crippen LogP contribution in [0.5, 0.6) is 0 Å². The van der Waals surface area contributed by atoms with Crippen LogP contribution in [0, 0.1) is 0 Å². The van der Waals surface area contributed by atoms with Crippen molar-refractivity contribution in [3.05, 3.63) is 63.1 Å². The van der Waals surface area contributed by atoms with Gasteiger partial charge >= 0.3 is 6.09 Å². The van der Waals surface area contributed by atoms with E-state index in [0.717, 1.165) is 5.56 Å². The van der Waals surface area contributed by atoms with Crippen LogP contribution in [0.1, 0.15) is 18.9 Å². The van der Waals surface area contributed by atoms with Gasteiger partial charge in [-0.3, -0.25) is 4.79 Å². The molecule has 0 aliphatic rings. The summed E-state index contributed by atoms with van der Waals surface area (Å²) in [4.78, 5) is 23.9. The summed E-state index contributed by atoms with van der Waals surface area (Å²) >= 11 is 17.8. The average Bonchev–Trinajstić information content (AvgIpc) is 2.58. The monoisotopic (exact) mass is 414 g/mol. The number of alkyl carbamates (subject to hydrolysis) is 1. The molecule has 2 amide bonds. The summed E-state index contributed by atoms with van der Waals surface area (Å²) in [6.07, 6.45) is -0.557. The van der Waals surface area contributed by atoms with Crippen LogP contribution in [0.15, 0.2) is 42.5 Å². The number of carbonyl (C=O) groups excluding carboxylic acids is 2. The van der Waals surface area contributed by atoms with Crippen molar-refractivity contribution in [2.75, 3.05) is 5.32 Å². The number of anilines is 1. The molecule has 0 spiro atoms. The van der Waals surface area contributed by atoms with Gasteiger partial charge in [-0.25, -0.2) is 4.79 Å². The molecule has 5 nitrogen and oxygen atoms in total. The number of nitrogens with one attached hydrogen (secondary N) is 2. The zero-order valence-corrected chi connectivity index (χ0v) is 16.2. The number of amides is 2. The summed E-state index contributed by atoms with van der Waals surface area (Å²) in [5, 5.41) is 6.08. The molecular formula is C18H17Cl3N2O3. The van der Waals surface area contributed by atoms with Gasteiger partial charge < -0.3 is 15.4 Å². The van der Waals surface area contributed by atoms with E-state index in [1.807, 2.05) is 30.3 Å². The molecule has 1 unspecified atom stereocenters. The second kappa shape index (κ2) is 9.67. The van der Waals surface area contributed by atoms with Gasteiger partial charge in [-0.05, 0) is 24.6 Å². The summed E-state index contributed by atoms with van der Waals surface area (Å²) in [6, 6.07) is 11.8. The Labute approximate surface area is 166 Å². The van der Waals surface area contributed by atoms with E-state index >= 15 is 0 Å². The maximum absolute atomic E-state index is 12.1. The zero-order valence-electron chi connectivity index (χ0n) is 13.9. The van der Waals surface area contributed by atoms with Crippen LogP contribution in [0.2, 0.25) is 15.1 Å². The molecule has 0 fully saturated rings. The Kier molecular flexibility index (Phi) is 7.57. The van der Waals surface area contributed by atoms with Crippen molar-refractivity contribution < 1.29 is 14.3 Å². The zero-order chi connectivity index (χ0) is 19.1. The van der Waals surface area contributed by atoms with Crippen molar-refractivity contribution in [3.8, 4) is 0 Å². The molecule has 26 heavy (non-hydrogen) atoms. The summed E-state index contributed by atoms with van der Waals surface area (Å²) in [5.41, 5.74) is 1.23. The molecule has 0 bridgehead atoms. The number of halogens is 3. The molecule has 0 saturated heterocycles. The molecule has 2 rings (SSSR count). The first kappa shape index (κ1) is 20.4. The van der Waals surface area contributed by atoms with Gasteiger partial charge in [-0.1, -0.05) is 65.1 Å². The molecule has 0 aliphatic heterocycles. The Balaban J connectivity index is 1.79. The minimum absolute atomic E-state index is 0.0387. The third-order valence-electron chi connectivity index (χ3n) is 3.35. The van der Waals surface area contributed by atoms with Crippen molar-refractivity contribution in [1.82, 2.24) is 5.32 Å². The normalized spacial score (nSPS) is 11.5. The Morgan fingerprint density at radius 1 is 1.04 bits per heavy atom. The van der Waals surface area contributed by atoms with Gasteiger partial charge in [0.15, 0.2) is 0 Å². The van der Waals surface area contributed by atoms with E-state index in [4.69, 9.17) is 39.5 Å². The maximum Gasteiger partial charge on any atom is 0.407 e. The van der Waals surface area contributed by atoms with E-state index in [9.17, 15) is 9.59 Å². The highest BCUT2D eigenvalue weighted by Gasteiger charge is 2.15. The second-order valence-electron chi connectivity index (χ2n) is 5.61. The van der Waals surface area contributed by atoms with Crippen LogP contribution in [0.25, 0.3) is 0 Å². The molecule has 0 saturated carbocycles. The predicted octanol–water partition coefficient (Wildman–Crippen LogP) is 5.29. The molecule has 0 aliphatic carbocycles. The molecule has 1 atom stereocenters. The van der Waals surface area contributed by atoms with E-state index in [-0.39, 0.29) is 29.0 Å². The van der Waals surface area contributed by atoms with E-state index in [0.29, 0.717) is 10.7 Å². The highest BCUT2D eigenvalue weighted by atomic mass is 35.5. The SMILES string of the molecule is CC(CC(=O)Nc1cc(Cl)c(Cl)cc1Cl)NC(=O)OCc1ccccc1. The molecule has 0 heterocycles. The van der Waals surface area contributed by atoms with Crippen LogP contribution >= 0.6 is 34.8 Å². The Morgan fingerprint density at radius 2 is 1.69 bits per heavy atom. The van der Waals surface area contributed by atoms with Crippen molar-refractivity contribution >= 4 is 52.5 Å². The van der Waals surface area contributed by atoms with Gasteiger partial charge in [0, 0.05) is 12.5 Å². The standard InChI is InChI=1S/C18H17Cl3N2O3/c1-11(22-18(25)26-10-12-5-3-2-4-6-12)7-17(24)23-16-9-14(20)13(19)8-15(16)21/h2-6,8-9,11H,7,10H2,1H3,(H,22,25)(H,23,24). The first-order valence-corrected chi connectivity index (χ1v) is 8.90. The molecule has 0 radical (unpaired) electrons. The Hall–Kier alpha value is -1.95. The lowest BCUT2D eigenvalue weighted by atomic mass is 10.2. The molecule has 0 aromatic heterocycles. The van der Waals surface area contributed by atoms with Crippen LogP contribution in [-0.2, 0) is 16.1 Å². The number of carbonyl (C=O) groups is 2. The van der Waals surface area contributed by atoms with Gasteiger partial charge in [-0.15, -0.1) is 0 Å². The third kappa shape index (κ3) is 6.41. The van der Waals surface area contributed by atoms with Gasteiger partial charge in [0.2, 0.25) is 5.91 Å².